The zero-order valence-corrected chi connectivity index (χ0v) is 11.8. The number of esters is 1. The van der Waals surface area contributed by atoms with Crippen LogP contribution in [0, 0.1) is 17.2 Å². The van der Waals surface area contributed by atoms with Crippen LogP contribution in [0.2, 0.25) is 0 Å². The molecular formula is C16H18N2O3. The van der Waals surface area contributed by atoms with Gasteiger partial charge in [0.25, 0.3) is 0 Å². The van der Waals surface area contributed by atoms with E-state index in [4.69, 9.17) is 10.00 Å². The largest absolute Gasteiger partial charge is 0.465 e. The standard InChI is InChI=1S/C16H18N2O3/c17-11-13-7-2-1-5-12(13)6-3-4-9-18-15(19)14-8-10-21-16(14)20/h1-2,5,7,14H,3-4,6,8-10H2,(H,18,19)/t14-/m1/s1. The van der Waals surface area contributed by atoms with Crippen LogP contribution in [0.25, 0.3) is 0 Å². The lowest BCUT2D eigenvalue weighted by atomic mass is 10.0. The fourth-order valence-corrected chi connectivity index (χ4v) is 2.36. The van der Waals surface area contributed by atoms with Gasteiger partial charge in [-0.15, -0.1) is 0 Å². The van der Waals surface area contributed by atoms with E-state index in [2.05, 4.69) is 11.4 Å². The highest BCUT2D eigenvalue weighted by Gasteiger charge is 2.32. The SMILES string of the molecule is N#Cc1ccccc1CCCCNC(=O)[C@H]1CCOC1=O. The van der Waals surface area contributed by atoms with Crippen LogP contribution in [-0.4, -0.2) is 25.0 Å². The monoisotopic (exact) mass is 286 g/mol. The first kappa shape index (κ1) is 15.0. The molecule has 0 radical (unpaired) electrons. The van der Waals surface area contributed by atoms with Crippen molar-refractivity contribution in [1.29, 1.82) is 5.26 Å². The van der Waals surface area contributed by atoms with Gasteiger partial charge in [0.15, 0.2) is 0 Å². The van der Waals surface area contributed by atoms with E-state index in [0.29, 0.717) is 25.1 Å². The van der Waals surface area contributed by atoms with E-state index in [1.807, 2.05) is 24.3 Å². The number of carbonyl (C=O) groups excluding carboxylic acids is 2. The Balaban J connectivity index is 1.67. The first-order valence-electron chi connectivity index (χ1n) is 7.14. The number of cyclic esters (lactones) is 1. The molecule has 0 unspecified atom stereocenters. The predicted octanol–water partition coefficient (Wildman–Crippen LogP) is 1.56. The summed E-state index contributed by atoms with van der Waals surface area (Å²) in [7, 11) is 0. The van der Waals surface area contributed by atoms with Crippen LogP contribution in [-0.2, 0) is 20.7 Å². The average molecular weight is 286 g/mol. The Bertz CT molecular complexity index is 563. The van der Waals surface area contributed by atoms with E-state index in [1.54, 1.807) is 0 Å². The second kappa shape index (κ2) is 7.44. The summed E-state index contributed by atoms with van der Waals surface area (Å²) in [6.07, 6.45) is 2.98. The first-order valence-corrected chi connectivity index (χ1v) is 7.14. The van der Waals surface area contributed by atoms with E-state index in [1.165, 1.54) is 0 Å². The highest BCUT2D eigenvalue weighted by atomic mass is 16.5. The molecule has 110 valence electrons. The highest BCUT2D eigenvalue weighted by molar-refractivity contribution is 5.98. The molecule has 1 aliphatic rings. The summed E-state index contributed by atoms with van der Waals surface area (Å²) in [6, 6.07) is 9.70. The van der Waals surface area contributed by atoms with E-state index < -0.39 is 11.9 Å². The third-order valence-corrected chi connectivity index (χ3v) is 3.56. The molecule has 1 atom stereocenters. The number of nitriles is 1. The molecule has 1 aliphatic heterocycles. The molecule has 5 heteroatoms. The fourth-order valence-electron chi connectivity index (χ4n) is 2.36. The van der Waals surface area contributed by atoms with Crippen molar-refractivity contribution < 1.29 is 14.3 Å². The Hall–Kier alpha value is -2.35. The van der Waals surface area contributed by atoms with E-state index in [-0.39, 0.29) is 5.91 Å². The highest BCUT2D eigenvalue weighted by Crippen LogP contribution is 2.14. The Labute approximate surface area is 123 Å². The lowest BCUT2D eigenvalue weighted by Gasteiger charge is -2.08. The Morgan fingerprint density at radius 3 is 2.90 bits per heavy atom. The van der Waals surface area contributed by atoms with E-state index >= 15 is 0 Å². The molecule has 1 heterocycles. The quantitative estimate of drug-likeness (QED) is 0.489. The maximum atomic E-state index is 11.7. The number of carbonyl (C=O) groups is 2. The van der Waals surface area contributed by atoms with Crippen LogP contribution in [0.5, 0.6) is 0 Å². The van der Waals surface area contributed by atoms with Gasteiger partial charge in [0.05, 0.1) is 18.2 Å². The molecule has 0 saturated carbocycles. The molecule has 0 spiro atoms. The summed E-state index contributed by atoms with van der Waals surface area (Å²) in [5, 5.41) is 11.8. The number of nitrogens with zero attached hydrogens (tertiary/aromatic N) is 1. The molecule has 21 heavy (non-hydrogen) atoms. The third-order valence-electron chi connectivity index (χ3n) is 3.56. The smallest absolute Gasteiger partial charge is 0.318 e. The van der Waals surface area contributed by atoms with Gasteiger partial charge in [0, 0.05) is 13.0 Å². The van der Waals surface area contributed by atoms with Gasteiger partial charge in [-0.25, -0.2) is 0 Å². The molecule has 1 fully saturated rings. The summed E-state index contributed by atoms with van der Waals surface area (Å²) in [5.41, 5.74) is 1.74. The van der Waals surface area contributed by atoms with E-state index in [9.17, 15) is 9.59 Å². The fraction of sp³-hybridized carbons (Fsp3) is 0.438. The number of rotatable bonds is 6. The van der Waals surface area contributed by atoms with Gasteiger partial charge in [0.1, 0.15) is 5.92 Å². The van der Waals surface area contributed by atoms with Crippen LogP contribution >= 0.6 is 0 Å². The lowest BCUT2D eigenvalue weighted by Crippen LogP contribution is -2.33. The minimum atomic E-state index is -0.635. The normalized spacial score (nSPS) is 17.1. The van der Waals surface area contributed by atoms with Crippen LogP contribution in [0.3, 0.4) is 0 Å². The molecule has 0 aliphatic carbocycles. The number of benzene rings is 1. The van der Waals surface area contributed by atoms with Gasteiger partial charge in [-0.05, 0) is 30.9 Å². The third kappa shape index (κ3) is 4.06. The van der Waals surface area contributed by atoms with Gasteiger partial charge in [-0.1, -0.05) is 18.2 Å². The molecule has 1 saturated heterocycles. The van der Waals surface area contributed by atoms with Gasteiger partial charge >= 0.3 is 5.97 Å². The number of aryl methyl sites for hydroxylation is 1. The second-order valence-corrected chi connectivity index (χ2v) is 5.03. The zero-order valence-electron chi connectivity index (χ0n) is 11.8. The molecule has 1 N–H and O–H groups in total. The van der Waals surface area contributed by atoms with Gasteiger partial charge in [-0.2, -0.15) is 5.26 Å². The van der Waals surface area contributed by atoms with Crippen molar-refractivity contribution in [3.8, 4) is 6.07 Å². The molecule has 0 aromatic heterocycles. The molecule has 1 aromatic carbocycles. The number of nitrogens with one attached hydrogen (secondary N) is 1. The minimum Gasteiger partial charge on any atom is -0.465 e. The van der Waals surface area contributed by atoms with Crippen molar-refractivity contribution in [2.45, 2.75) is 25.7 Å². The molecule has 1 amide bonds. The maximum absolute atomic E-state index is 11.7. The number of ether oxygens (including phenoxy) is 1. The van der Waals surface area contributed by atoms with Gasteiger partial charge in [-0.3, -0.25) is 9.59 Å². The van der Waals surface area contributed by atoms with Crippen molar-refractivity contribution in [2.24, 2.45) is 5.92 Å². The Kier molecular flexibility index (Phi) is 5.33. The molecule has 2 rings (SSSR count). The van der Waals surface area contributed by atoms with Gasteiger partial charge in [0.2, 0.25) is 5.91 Å². The lowest BCUT2D eigenvalue weighted by molar-refractivity contribution is -0.145. The Morgan fingerprint density at radius 1 is 1.38 bits per heavy atom. The first-order chi connectivity index (χ1) is 10.2. The van der Waals surface area contributed by atoms with Crippen molar-refractivity contribution >= 4 is 11.9 Å². The van der Waals surface area contributed by atoms with Crippen molar-refractivity contribution in [2.75, 3.05) is 13.2 Å². The van der Waals surface area contributed by atoms with Gasteiger partial charge < -0.3 is 10.1 Å². The summed E-state index contributed by atoms with van der Waals surface area (Å²) in [6.45, 7) is 0.874. The van der Waals surface area contributed by atoms with Crippen molar-refractivity contribution in [3.63, 3.8) is 0 Å². The van der Waals surface area contributed by atoms with Crippen LogP contribution in [0.4, 0.5) is 0 Å². The molecule has 5 nitrogen and oxygen atoms in total. The summed E-state index contributed by atoms with van der Waals surface area (Å²) >= 11 is 0. The van der Waals surface area contributed by atoms with Crippen molar-refractivity contribution in [3.05, 3.63) is 35.4 Å². The Morgan fingerprint density at radius 2 is 2.19 bits per heavy atom. The van der Waals surface area contributed by atoms with Crippen LogP contribution < -0.4 is 5.32 Å². The molecular weight excluding hydrogens is 268 g/mol. The maximum Gasteiger partial charge on any atom is 0.318 e. The van der Waals surface area contributed by atoms with Crippen LogP contribution in [0.1, 0.15) is 30.4 Å². The average Bonchev–Trinajstić information content (AvgIpc) is 2.93. The molecule has 1 aromatic rings. The minimum absolute atomic E-state index is 0.241. The molecule has 0 bridgehead atoms. The van der Waals surface area contributed by atoms with Crippen LogP contribution in [0.15, 0.2) is 24.3 Å². The van der Waals surface area contributed by atoms with E-state index in [0.717, 1.165) is 24.8 Å². The summed E-state index contributed by atoms with van der Waals surface area (Å²) in [5.74, 6) is -1.30. The zero-order chi connectivity index (χ0) is 15.1. The topological polar surface area (TPSA) is 79.2 Å². The number of unbranched alkanes of at least 4 members (excludes halogenated alkanes) is 1. The summed E-state index contributed by atoms with van der Waals surface area (Å²) in [4.78, 5) is 23.0. The number of hydrogen-bond acceptors (Lipinski definition) is 4. The second-order valence-electron chi connectivity index (χ2n) is 5.03. The number of amides is 1. The summed E-state index contributed by atoms with van der Waals surface area (Å²) < 4.78 is 4.77. The predicted molar refractivity (Wildman–Crippen MR) is 76.2 cm³/mol. The number of hydrogen-bond donors (Lipinski definition) is 1. The van der Waals surface area contributed by atoms with Crippen molar-refractivity contribution in [1.82, 2.24) is 5.32 Å².